The Morgan fingerprint density at radius 1 is 1.24 bits per heavy atom. The summed E-state index contributed by atoms with van der Waals surface area (Å²) in [7, 11) is -1.38. The minimum absolute atomic E-state index is 0. The van der Waals surface area contributed by atoms with Crippen molar-refractivity contribution in [3.8, 4) is 0 Å². The molecular formula is C17H27ClN2O4S. The number of carbonyl (C=O) groups excluding carboxylic acids is 1. The van der Waals surface area contributed by atoms with Gasteiger partial charge in [-0.15, -0.1) is 12.4 Å². The predicted octanol–water partition coefficient (Wildman–Crippen LogP) is 1.40. The van der Waals surface area contributed by atoms with E-state index < -0.39 is 9.84 Å². The molecule has 25 heavy (non-hydrogen) atoms. The summed E-state index contributed by atoms with van der Waals surface area (Å²) in [6.07, 6.45) is 3.13. The van der Waals surface area contributed by atoms with E-state index in [9.17, 15) is 13.2 Å². The quantitative estimate of drug-likeness (QED) is 0.735. The van der Waals surface area contributed by atoms with Gasteiger partial charge in [-0.2, -0.15) is 0 Å². The third-order valence-electron chi connectivity index (χ3n) is 4.38. The third-order valence-corrected chi connectivity index (χ3v) is 5.24. The van der Waals surface area contributed by atoms with Crippen LogP contribution >= 0.6 is 12.4 Å². The number of sulfone groups is 1. The van der Waals surface area contributed by atoms with E-state index in [0.29, 0.717) is 24.3 Å². The van der Waals surface area contributed by atoms with Gasteiger partial charge < -0.3 is 15.4 Å². The molecule has 8 heteroatoms. The summed E-state index contributed by atoms with van der Waals surface area (Å²) in [5.74, 6) is -0.159. The van der Waals surface area contributed by atoms with Gasteiger partial charge in [-0.3, -0.25) is 4.79 Å². The fourth-order valence-corrected chi connectivity index (χ4v) is 3.86. The maximum Gasteiger partial charge on any atom is 0.251 e. The summed E-state index contributed by atoms with van der Waals surface area (Å²) in [6.45, 7) is 3.06. The molecule has 0 aromatic heterocycles. The smallest absolute Gasteiger partial charge is 0.251 e. The van der Waals surface area contributed by atoms with Crippen molar-refractivity contribution in [1.82, 2.24) is 10.6 Å². The molecule has 1 aliphatic heterocycles. The zero-order chi connectivity index (χ0) is 17.6. The highest BCUT2D eigenvalue weighted by molar-refractivity contribution is 7.89. The highest BCUT2D eigenvalue weighted by Gasteiger charge is 2.32. The summed E-state index contributed by atoms with van der Waals surface area (Å²) in [4.78, 5) is 12.3. The van der Waals surface area contributed by atoms with Crippen LogP contribution in [0.25, 0.3) is 0 Å². The number of methoxy groups -OCH3 is 1. The molecule has 1 aliphatic rings. The number of carbonyl (C=O) groups is 1. The average Bonchev–Trinajstić information content (AvgIpc) is 2.53. The number of hydrogen-bond donors (Lipinski definition) is 2. The van der Waals surface area contributed by atoms with Gasteiger partial charge in [0.25, 0.3) is 5.91 Å². The number of halogens is 1. The van der Waals surface area contributed by atoms with Gasteiger partial charge >= 0.3 is 0 Å². The number of hydrogen-bond acceptors (Lipinski definition) is 5. The molecule has 142 valence electrons. The van der Waals surface area contributed by atoms with E-state index in [-0.39, 0.29) is 29.5 Å². The fraction of sp³-hybridized carbons (Fsp3) is 0.588. The van der Waals surface area contributed by atoms with Crippen LogP contribution in [0.15, 0.2) is 24.3 Å². The highest BCUT2D eigenvalue weighted by Crippen LogP contribution is 2.28. The molecule has 1 saturated heterocycles. The second-order valence-corrected chi connectivity index (χ2v) is 8.77. The molecule has 1 aromatic rings. The Morgan fingerprint density at radius 2 is 1.84 bits per heavy atom. The van der Waals surface area contributed by atoms with E-state index in [1.807, 2.05) is 0 Å². The van der Waals surface area contributed by atoms with Gasteiger partial charge in [-0.05, 0) is 43.6 Å². The normalized spacial score (nSPS) is 16.7. The fourth-order valence-electron chi connectivity index (χ4n) is 3.06. The Bertz CT molecular complexity index is 650. The van der Waals surface area contributed by atoms with Gasteiger partial charge in [-0.1, -0.05) is 12.1 Å². The molecule has 0 aliphatic carbocycles. The lowest BCUT2D eigenvalue weighted by Gasteiger charge is -2.37. The van der Waals surface area contributed by atoms with Crippen LogP contribution in [0.1, 0.15) is 28.8 Å². The molecule has 6 nitrogen and oxygen atoms in total. The number of amides is 1. The van der Waals surface area contributed by atoms with Gasteiger partial charge in [0.05, 0.1) is 12.4 Å². The Kier molecular flexibility index (Phi) is 8.34. The van der Waals surface area contributed by atoms with Crippen molar-refractivity contribution < 1.29 is 17.9 Å². The average molecular weight is 391 g/mol. The summed E-state index contributed by atoms with van der Waals surface area (Å²) >= 11 is 0. The van der Waals surface area contributed by atoms with Gasteiger partial charge in [0.1, 0.15) is 0 Å². The van der Waals surface area contributed by atoms with Crippen LogP contribution in [-0.2, 0) is 20.3 Å². The van der Waals surface area contributed by atoms with E-state index >= 15 is 0 Å². The zero-order valence-electron chi connectivity index (χ0n) is 14.7. The van der Waals surface area contributed by atoms with Gasteiger partial charge in [0, 0.05) is 30.9 Å². The minimum atomic E-state index is -3.07. The molecule has 1 amide bonds. The van der Waals surface area contributed by atoms with Crippen molar-refractivity contribution >= 4 is 28.2 Å². The lowest BCUT2D eigenvalue weighted by molar-refractivity contribution is 0.0512. The summed E-state index contributed by atoms with van der Waals surface area (Å²) in [5, 5.41) is 6.32. The monoisotopic (exact) mass is 390 g/mol. The first kappa shape index (κ1) is 21.9. The summed E-state index contributed by atoms with van der Waals surface area (Å²) < 4.78 is 27.9. The van der Waals surface area contributed by atoms with E-state index in [4.69, 9.17) is 4.74 Å². The molecule has 2 rings (SSSR count). The second kappa shape index (κ2) is 9.52. The number of ether oxygens (including phenoxy) is 1. The number of rotatable bonds is 7. The molecule has 0 radical (unpaired) electrons. The van der Waals surface area contributed by atoms with Crippen molar-refractivity contribution in [2.45, 2.75) is 18.6 Å². The van der Waals surface area contributed by atoms with Crippen LogP contribution in [0.4, 0.5) is 0 Å². The lowest BCUT2D eigenvalue weighted by atomic mass is 9.79. The Balaban J connectivity index is 0.00000312. The van der Waals surface area contributed by atoms with E-state index in [2.05, 4.69) is 10.6 Å². The first-order valence-electron chi connectivity index (χ1n) is 8.08. The molecule has 2 N–H and O–H groups in total. The van der Waals surface area contributed by atoms with Crippen molar-refractivity contribution in [2.24, 2.45) is 5.41 Å². The van der Waals surface area contributed by atoms with E-state index in [0.717, 1.165) is 25.9 Å². The van der Waals surface area contributed by atoms with Gasteiger partial charge in [0.15, 0.2) is 9.84 Å². The van der Waals surface area contributed by atoms with Crippen molar-refractivity contribution in [2.75, 3.05) is 39.6 Å². The zero-order valence-corrected chi connectivity index (χ0v) is 16.3. The standard InChI is InChI=1S/C17H26N2O4S.ClH/c1-23-13-17(7-9-18-10-8-17)12-19-16(20)15-5-3-14(4-6-15)11-24(2,21)22;/h3-6,18H,7-13H2,1-2H3,(H,19,20);1H. The molecule has 0 saturated carbocycles. The molecule has 0 unspecified atom stereocenters. The lowest BCUT2D eigenvalue weighted by Crippen LogP contribution is -2.47. The third kappa shape index (κ3) is 6.93. The largest absolute Gasteiger partial charge is 0.384 e. The summed E-state index contributed by atoms with van der Waals surface area (Å²) in [5.41, 5.74) is 1.20. The van der Waals surface area contributed by atoms with E-state index in [1.165, 1.54) is 6.26 Å². The molecular weight excluding hydrogens is 364 g/mol. The van der Waals surface area contributed by atoms with E-state index in [1.54, 1.807) is 31.4 Å². The van der Waals surface area contributed by atoms with Crippen LogP contribution in [-0.4, -0.2) is 53.9 Å². The first-order valence-corrected chi connectivity index (χ1v) is 10.1. The van der Waals surface area contributed by atoms with Crippen molar-refractivity contribution in [3.05, 3.63) is 35.4 Å². The molecule has 1 heterocycles. The number of benzene rings is 1. The van der Waals surface area contributed by atoms with Crippen LogP contribution in [0.2, 0.25) is 0 Å². The second-order valence-electron chi connectivity index (χ2n) is 6.63. The van der Waals surface area contributed by atoms with Gasteiger partial charge in [-0.25, -0.2) is 8.42 Å². The topological polar surface area (TPSA) is 84.5 Å². The Hall–Kier alpha value is -1.15. The molecule has 1 fully saturated rings. The van der Waals surface area contributed by atoms with Crippen LogP contribution < -0.4 is 10.6 Å². The minimum Gasteiger partial charge on any atom is -0.384 e. The maximum atomic E-state index is 12.3. The summed E-state index contributed by atoms with van der Waals surface area (Å²) in [6, 6.07) is 6.71. The predicted molar refractivity (Wildman–Crippen MR) is 101 cm³/mol. The molecule has 1 aromatic carbocycles. The Labute approximate surface area is 156 Å². The Morgan fingerprint density at radius 3 is 2.36 bits per heavy atom. The molecule has 0 atom stereocenters. The number of nitrogens with one attached hydrogen (secondary N) is 2. The van der Waals surface area contributed by atoms with Crippen molar-refractivity contribution in [1.29, 1.82) is 0 Å². The van der Waals surface area contributed by atoms with Crippen molar-refractivity contribution in [3.63, 3.8) is 0 Å². The van der Waals surface area contributed by atoms with Crippen LogP contribution in [0, 0.1) is 5.41 Å². The van der Waals surface area contributed by atoms with Crippen LogP contribution in [0.3, 0.4) is 0 Å². The first-order chi connectivity index (χ1) is 11.3. The maximum absolute atomic E-state index is 12.3. The van der Waals surface area contributed by atoms with Crippen LogP contribution in [0.5, 0.6) is 0 Å². The van der Waals surface area contributed by atoms with Gasteiger partial charge in [0.2, 0.25) is 0 Å². The molecule has 0 spiro atoms. The SMILES string of the molecule is COCC1(CNC(=O)c2ccc(CS(C)(=O)=O)cc2)CCNCC1.Cl. The molecule has 0 bridgehead atoms. The highest BCUT2D eigenvalue weighted by atomic mass is 35.5. The number of piperidine rings is 1.